The predicted octanol–water partition coefficient (Wildman–Crippen LogP) is 3.12. The Kier molecular flexibility index (Phi) is 3.48. The Labute approximate surface area is 122 Å². The SMILES string of the molecule is CN(C)c1ccc(/C=C/c2cc[n+]3ccsc3n2)cc1. The summed E-state index contributed by atoms with van der Waals surface area (Å²) in [6.07, 6.45) is 8.18. The van der Waals surface area contributed by atoms with Crippen molar-refractivity contribution in [2.24, 2.45) is 0 Å². The average molecular weight is 282 g/mol. The van der Waals surface area contributed by atoms with Crippen LogP contribution in [0, 0.1) is 0 Å². The number of nitrogens with zero attached hydrogens (tertiary/aromatic N) is 3. The molecule has 3 nitrogen and oxygen atoms in total. The van der Waals surface area contributed by atoms with E-state index < -0.39 is 0 Å². The molecule has 3 rings (SSSR count). The first-order valence-electron chi connectivity index (χ1n) is 6.43. The largest absolute Gasteiger partial charge is 0.387 e. The third kappa shape index (κ3) is 2.70. The highest BCUT2D eigenvalue weighted by molar-refractivity contribution is 7.14. The van der Waals surface area contributed by atoms with Crippen molar-refractivity contribution in [1.29, 1.82) is 0 Å². The highest BCUT2D eigenvalue weighted by Gasteiger charge is 2.05. The third-order valence-electron chi connectivity index (χ3n) is 3.10. The predicted molar refractivity (Wildman–Crippen MR) is 85.0 cm³/mol. The van der Waals surface area contributed by atoms with Gasteiger partial charge in [0.2, 0.25) is 0 Å². The zero-order chi connectivity index (χ0) is 13.9. The molecule has 0 atom stereocenters. The lowest BCUT2D eigenvalue weighted by Gasteiger charge is -2.11. The summed E-state index contributed by atoms with van der Waals surface area (Å²) in [6.45, 7) is 0. The van der Waals surface area contributed by atoms with E-state index in [0.29, 0.717) is 0 Å². The van der Waals surface area contributed by atoms with Gasteiger partial charge in [-0.05, 0) is 28.8 Å². The van der Waals surface area contributed by atoms with Crippen LogP contribution in [0.1, 0.15) is 11.3 Å². The van der Waals surface area contributed by atoms with Gasteiger partial charge in [-0.25, -0.2) is 0 Å². The average Bonchev–Trinajstić information content (AvgIpc) is 2.93. The molecule has 0 saturated carbocycles. The second-order valence-corrected chi connectivity index (χ2v) is 5.64. The van der Waals surface area contributed by atoms with E-state index in [4.69, 9.17) is 0 Å². The number of rotatable bonds is 3. The fourth-order valence-corrected chi connectivity index (χ4v) is 2.66. The van der Waals surface area contributed by atoms with Gasteiger partial charge in [0.05, 0.1) is 0 Å². The summed E-state index contributed by atoms with van der Waals surface area (Å²) in [4.78, 5) is 7.69. The van der Waals surface area contributed by atoms with E-state index >= 15 is 0 Å². The quantitative estimate of drug-likeness (QED) is 0.688. The van der Waals surface area contributed by atoms with Crippen molar-refractivity contribution in [3.05, 3.63) is 59.4 Å². The van der Waals surface area contributed by atoms with Gasteiger partial charge in [0, 0.05) is 31.2 Å². The van der Waals surface area contributed by atoms with Gasteiger partial charge in [0.25, 0.3) is 0 Å². The van der Waals surface area contributed by atoms with Crippen LogP contribution in [-0.2, 0) is 0 Å². The molecular formula is C16H16N3S+. The molecule has 2 aromatic heterocycles. The molecule has 20 heavy (non-hydrogen) atoms. The summed E-state index contributed by atoms with van der Waals surface area (Å²) in [5.41, 5.74) is 3.36. The molecule has 0 saturated heterocycles. The minimum atomic E-state index is 0.976. The Bertz CT molecular complexity index is 742. The highest BCUT2D eigenvalue weighted by atomic mass is 32.1. The summed E-state index contributed by atoms with van der Waals surface area (Å²) in [5.74, 6) is 0. The normalized spacial score (nSPS) is 11.3. The van der Waals surface area contributed by atoms with E-state index in [2.05, 4.69) is 40.2 Å². The van der Waals surface area contributed by atoms with Crippen molar-refractivity contribution in [2.45, 2.75) is 0 Å². The molecule has 0 amide bonds. The molecule has 2 heterocycles. The molecule has 0 aliphatic carbocycles. The highest BCUT2D eigenvalue weighted by Crippen LogP contribution is 2.14. The lowest BCUT2D eigenvalue weighted by atomic mass is 10.2. The Morgan fingerprint density at radius 1 is 1.05 bits per heavy atom. The summed E-state index contributed by atoms with van der Waals surface area (Å²) >= 11 is 1.64. The molecule has 100 valence electrons. The summed E-state index contributed by atoms with van der Waals surface area (Å²) < 4.78 is 2.02. The fraction of sp³-hybridized carbons (Fsp3) is 0.125. The van der Waals surface area contributed by atoms with Crippen LogP contribution in [0.5, 0.6) is 0 Å². The Hall–Kier alpha value is -2.20. The van der Waals surface area contributed by atoms with E-state index in [1.54, 1.807) is 11.3 Å². The second kappa shape index (κ2) is 5.43. The molecule has 0 unspecified atom stereocenters. The van der Waals surface area contributed by atoms with Gasteiger partial charge < -0.3 is 4.90 Å². The smallest absolute Gasteiger partial charge is 0.378 e. The summed E-state index contributed by atoms with van der Waals surface area (Å²) in [6, 6.07) is 10.5. The first-order chi connectivity index (χ1) is 9.72. The number of fused-ring (bicyclic) bond motifs is 1. The number of thiazole rings is 1. The van der Waals surface area contributed by atoms with Crippen LogP contribution in [0.3, 0.4) is 0 Å². The van der Waals surface area contributed by atoms with Crippen molar-refractivity contribution >= 4 is 34.1 Å². The van der Waals surface area contributed by atoms with E-state index in [-0.39, 0.29) is 0 Å². The number of hydrogen-bond donors (Lipinski definition) is 0. The van der Waals surface area contributed by atoms with E-state index in [1.807, 2.05) is 48.4 Å². The lowest BCUT2D eigenvalue weighted by molar-refractivity contribution is -0.509. The summed E-state index contributed by atoms with van der Waals surface area (Å²) in [5, 5.41) is 2.04. The zero-order valence-electron chi connectivity index (χ0n) is 11.5. The van der Waals surface area contributed by atoms with Crippen LogP contribution in [-0.4, -0.2) is 19.1 Å². The van der Waals surface area contributed by atoms with E-state index in [0.717, 1.165) is 10.7 Å². The Balaban J connectivity index is 1.82. The van der Waals surface area contributed by atoms with Crippen LogP contribution in [0.4, 0.5) is 5.69 Å². The van der Waals surface area contributed by atoms with Crippen molar-refractivity contribution in [2.75, 3.05) is 19.0 Å². The van der Waals surface area contributed by atoms with Gasteiger partial charge >= 0.3 is 4.96 Å². The first kappa shape index (κ1) is 12.8. The number of hydrogen-bond acceptors (Lipinski definition) is 3. The fourth-order valence-electron chi connectivity index (χ4n) is 1.94. The number of aromatic nitrogens is 2. The molecule has 0 fully saturated rings. The van der Waals surface area contributed by atoms with Crippen LogP contribution in [0.15, 0.2) is 48.1 Å². The number of anilines is 1. The van der Waals surface area contributed by atoms with Gasteiger partial charge in [-0.1, -0.05) is 29.5 Å². The van der Waals surface area contributed by atoms with Crippen LogP contribution in [0.2, 0.25) is 0 Å². The maximum Gasteiger partial charge on any atom is 0.387 e. The summed E-state index contributed by atoms with van der Waals surface area (Å²) in [7, 11) is 4.09. The Morgan fingerprint density at radius 2 is 1.85 bits per heavy atom. The Morgan fingerprint density at radius 3 is 2.60 bits per heavy atom. The maximum absolute atomic E-state index is 4.58. The van der Waals surface area contributed by atoms with Crippen LogP contribution >= 0.6 is 11.3 Å². The van der Waals surface area contributed by atoms with Crippen molar-refractivity contribution in [1.82, 2.24) is 4.98 Å². The van der Waals surface area contributed by atoms with Gasteiger partial charge in [0.1, 0.15) is 12.4 Å². The molecule has 0 aliphatic rings. The van der Waals surface area contributed by atoms with Gasteiger partial charge in [-0.3, -0.25) is 0 Å². The molecule has 0 radical (unpaired) electrons. The molecular weight excluding hydrogens is 266 g/mol. The molecule has 0 N–H and O–H groups in total. The van der Waals surface area contributed by atoms with Gasteiger partial charge in [-0.15, -0.1) is 0 Å². The van der Waals surface area contributed by atoms with Crippen molar-refractivity contribution < 1.29 is 4.40 Å². The zero-order valence-corrected chi connectivity index (χ0v) is 12.3. The topological polar surface area (TPSA) is 20.2 Å². The van der Waals surface area contributed by atoms with Crippen LogP contribution < -0.4 is 9.30 Å². The van der Waals surface area contributed by atoms with Crippen molar-refractivity contribution in [3.8, 4) is 0 Å². The molecule has 0 bridgehead atoms. The number of benzene rings is 1. The molecule has 4 heteroatoms. The molecule has 0 spiro atoms. The minimum Gasteiger partial charge on any atom is -0.378 e. The second-order valence-electron chi connectivity index (χ2n) is 4.76. The van der Waals surface area contributed by atoms with E-state index in [1.165, 1.54) is 11.3 Å². The molecule has 1 aromatic carbocycles. The van der Waals surface area contributed by atoms with Gasteiger partial charge in [0.15, 0.2) is 5.69 Å². The molecule has 3 aromatic rings. The minimum absolute atomic E-state index is 0.976. The standard InChI is InChI=1S/C16H16N3S/c1-18(2)15-7-4-13(5-8-15)3-6-14-9-10-19-11-12-20-16(19)17-14/h3-12H,1-2H3/q+1. The monoisotopic (exact) mass is 282 g/mol. The molecule has 0 aliphatic heterocycles. The lowest BCUT2D eigenvalue weighted by Crippen LogP contribution is -2.17. The van der Waals surface area contributed by atoms with E-state index in [9.17, 15) is 0 Å². The first-order valence-corrected chi connectivity index (χ1v) is 7.31. The van der Waals surface area contributed by atoms with Gasteiger partial charge in [-0.2, -0.15) is 4.40 Å². The maximum atomic E-state index is 4.58. The van der Waals surface area contributed by atoms with Crippen molar-refractivity contribution in [3.63, 3.8) is 0 Å². The van der Waals surface area contributed by atoms with Crippen LogP contribution in [0.25, 0.3) is 17.1 Å². The third-order valence-corrected chi connectivity index (χ3v) is 3.87.